The van der Waals surface area contributed by atoms with Crippen LogP contribution in [0.4, 0.5) is 0 Å². The summed E-state index contributed by atoms with van der Waals surface area (Å²) in [6.45, 7) is 7.49. The molecule has 5 nitrogen and oxygen atoms in total. The summed E-state index contributed by atoms with van der Waals surface area (Å²) in [5.74, 6) is 0.312. The fraction of sp³-hybridized carbons (Fsp3) is 1.00. The lowest BCUT2D eigenvalue weighted by atomic mass is 10.0. The molecule has 0 amide bonds. The van der Waals surface area contributed by atoms with E-state index in [1.807, 2.05) is 14.0 Å². The quantitative estimate of drug-likeness (QED) is 0.744. The van der Waals surface area contributed by atoms with Crippen LogP contribution in [0.2, 0.25) is 0 Å². The van der Waals surface area contributed by atoms with Gasteiger partial charge in [-0.05, 0) is 32.2 Å². The third kappa shape index (κ3) is 4.70. The molecule has 0 bridgehead atoms. The average Bonchev–Trinajstić information content (AvgIpc) is 2.36. The Morgan fingerprint density at radius 3 is 2.53 bits per heavy atom. The maximum Gasteiger partial charge on any atom is 0.280 e. The van der Waals surface area contributed by atoms with E-state index in [0.717, 1.165) is 32.2 Å². The van der Waals surface area contributed by atoms with Crippen molar-refractivity contribution < 1.29 is 8.42 Å². The Morgan fingerprint density at radius 2 is 2.00 bits per heavy atom. The first kappa shape index (κ1) is 16.9. The Hall–Kier alpha value is -0.170. The van der Waals surface area contributed by atoms with Gasteiger partial charge in [-0.15, -0.1) is 0 Å². The number of nitrogens with one attached hydrogen (secondary N) is 2. The first-order valence-electron chi connectivity index (χ1n) is 7.36. The maximum atomic E-state index is 12.5. The van der Waals surface area contributed by atoms with Crippen LogP contribution in [0.25, 0.3) is 0 Å². The monoisotopic (exact) mass is 291 g/mol. The van der Waals surface area contributed by atoms with Crippen LogP contribution in [0, 0.1) is 5.92 Å². The van der Waals surface area contributed by atoms with E-state index < -0.39 is 10.2 Å². The molecule has 19 heavy (non-hydrogen) atoms. The molecule has 1 heterocycles. The van der Waals surface area contributed by atoms with Crippen LogP contribution in [0.5, 0.6) is 0 Å². The highest BCUT2D eigenvalue weighted by Crippen LogP contribution is 2.20. The predicted octanol–water partition coefficient (Wildman–Crippen LogP) is 1.33. The summed E-state index contributed by atoms with van der Waals surface area (Å²) in [6, 6.07) is 0.100. The number of likely N-dealkylation sites (N-methyl/N-ethyl adjacent to an activating group) is 1. The molecule has 0 aromatic carbocycles. The molecule has 2 atom stereocenters. The van der Waals surface area contributed by atoms with Crippen molar-refractivity contribution >= 4 is 10.2 Å². The largest absolute Gasteiger partial charge is 0.318 e. The Balaban J connectivity index is 2.78. The van der Waals surface area contributed by atoms with Gasteiger partial charge < -0.3 is 5.32 Å². The third-order valence-electron chi connectivity index (χ3n) is 3.87. The molecule has 2 N–H and O–H groups in total. The second-order valence-electron chi connectivity index (χ2n) is 5.70. The zero-order valence-electron chi connectivity index (χ0n) is 12.6. The van der Waals surface area contributed by atoms with Crippen LogP contribution in [0.3, 0.4) is 0 Å². The van der Waals surface area contributed by atoms with Crippen molar-refractivity contribution in [2.45, 2.75) is 58.5 Å². The smallest absolute Gasteiger partial charge is 0.280 e. The molecular formula is C13H29N3O2S. The van der Waals surface area contributed by atoms with Crippen LogP contribution < -0.4 is 10.0 Å². The molecule has 2 unspecified atom stereocenters. The molecule has 0 spiro atoms. The second kappa shape index (κ2) is 7.57. The van der Waals surface area contributed by atoms with Gasteiger partial charge in [-0.1, -0.05) is 27.2 Å². The summed E-state index contributed by atoms with van der Waals surface area (Å²) in [7, 11) is -1.50. The Bertz CT molecular complexity index is 355. The van der Waals surface area contributed by atoms with E-state index in [-0.39, 0.29) is 12.1 Å². The van der Waals surface area contributed by atoms with E-state index in [2.05, 4.69) is 23.9 Å². The highest BCUT2D eigenvalue weighted by molar-refractivity contribution is 7.87. The van der Waals surface area contributed by atoms with E-state index in [1.54, 1.807) is 4.31 Å². The summed E-state index contributed by atoms with van der Waals surface area (Å²) in [5, 5.41) is 3.10. The van der Waals surface area contributed by atoms with Gasteiger partial charge in [0.1, 0.15) is 0 Å². The number of rotatable bonds is 7. The van der Waals surface area contributed by atoms with Crippen molar-refractivity contribution in [1.82, 2.24) is 14.3 Å². The topological polar surface area (TPSA) is 61.4 Å². The minimum absolute atomic E-state index is 0.0159. The maximum absolute atomic E-state index is 12.5. The molecule has 0 saturated carbocycles. The molecule has 1 aliphatic rings. The lowest BCUT2D eigenvalue weighted by Crippen LogP contribution is -2.54. The van der Waals surface area contributed by atoms with Crippen molar-refractivity contribution in [2.75, 3.05) is 20.1 Å². The summed E-state index contributed by atoms with van der Waals surface area (Å²) in [6.07, 6.45) is 3.83. The van der Waals surface area contributed by atoms with Gasteiger partial charge in [0, 0.05) is 25.2 Å². The molecule has 6 heteroatoms. The summed E-state index contributed by atoms with van der Waals surface area (Å²) in [4.78, 5) is 0. The molecule has 0 aliphatic carbocycles. The lowest BCUT2D eigenvalue weighted by molar-refractivity contribution is 0.242. The number of piperidine rings is 1. The molecule has 1 rings (SSSR count). The fourth-order valence-electron chi connectivity index (χ4n) is 2.68. The average molecular weight is 291 g/mol. The Kier molecular flexibility index (Phi) is 6.73. The van der Waals surface area contributed by atoms with Crippen molar-refractivity contribution in [1.29, 1.82) is 0 Å². The Labute approximate surface area is 118 Å². The molecular weight excluding hydrogens is 262 g/mol. The number of hydrogen-bond acceptors (Lipinski definition) is 3. The minimum atomic E-state index is -3.37. The van der Waals surface area contributed by atoms with Crippen molar-refractivity contribution in [3.8, 4) is 0 Å². The lowest BCUT2D eigenvalue weighted by Gasteiger charge is -2.36. The molecule has 1 saturated heterocycles. The second-order valence-corrected chi connectivity index (χ2v) is 7.35. The highest BCUT2D eigenvalue weighted by Gasteiger charge is 2.33. The summed E-state index contributed by atoms with van der Waals surface area (Å²) in [5.41, 5.74) is 0. The van der Waals surface area contributed by atoms with E-state index >= 15 is 0 Å². The van der Waals surface area contributed by atoms with Gasteiger partial charge in [-0.25, -0.2) is 0 Å². The van der Waals surface area contributed by atoms with Crippen LogP contribution in [0.15, 0.2) is 0 Å². The van der Waals surface area contributed by atoms with Crippen LogP contribution in [0.1, 0.15) is 46.5 Å². The van der Waals surface area contributed by atoms with Gasteiger partial charge in [-0.3, -0.25) is 0 Å². The van der Waals surface area contributed by atoms with Crippen LogP contribution in [-0.4, -0.2) is 44.9 Å². The standard InChI is InChI=1S/C13H29N3O2S/c1-5-13(11(2)3)15-19(17,18)16-9-7-6-8-12(16)10-14-4/h11-15H,5-10H2,1-4H3. The van der Waals surface area contributed by atoms with E-state index in [1.165, 1.54) is 0 Å². The molecule has 1 aliphatic heterocycles. The van der Waals surface area contributed by atoms with E-state index in [9.17, 15) is 8.42 Å². The zero-order valence-corrected chi connectivity index (χ0v) is 13.5. The first-order chi connectivity index (χ1) is 8.92. The molecule has 1 fully saturated rings. The van der Waals surface area contributed by atoms with E-state index in [0.29, 0.717) is 12.5 Å². The zero-order chi connectivity index (χ0) is 14.5. The van der Waals surface area contributed by atoms with Gasteiger partial charge in [-0.2, -0.15) is 17.4 Å². The van der Waals surface area contributed by atoms with Crippen LogP contribution >= 0.6 is 0 Å². The number of nitrogens with zero attached hydrogens (tertiary/aromatic N) is 1. The van der Waals surface area contributed by atoms with Crippen molar-refractivity contribution in [2.24, 2.45) is 5.92 Å². The molecule has 0 aromatic rings. The van der Waals surface area contributed by atoms with Gasteiger partial charge in [0.05, 0.1) is 0 Å². The van der Waals surface area contributed by atoms with Crippen molar-refractivity contribution in [3.05, 3.63) is 0 Å². The van der Waals surface area contributed by atoms with Gasteiger partial charge in [0.25, 0.3) is 10.2 Å². The summed E-state index contributed by atoms with van der Waals surface area (Å²) >= 11 is 0. The van der Waals surface area contributed by atoms with Crippen molar-refractivity contribution in [3.63, 3.8) is 0 Å². The third-order valence-corrected chi connectivity index (χ3v) is 5.57. The number of hydrogen-bond donors (Lipinski definition) is 2. The summed E-state index contributed by atoms with van der Waals surface area (Å²) < 4.78 is 29.6. The molecule has 114 valence electrons. The normalized spacial score (nSPS) is 23.7. The highest BCUT2D eigenvalue weighted by atomic mass is 32.2. The fourth-order valence-corrected chi connectivity index (χ4v) is 4.58. The van der Waals surface area contributed by atoms with Gasteiger partial charge in [0.2, 0.25) is 0 Å². The first-order valence-corrected chi connectivity index (χ1v) is 8.80. The van der Waals surface area contributed by atoms with Crippen LogP contribution in [-0.2, 0) is 10.2 Å². The Morgan fingerprint density at radius 1 is 1.32 bits per heavy atom. The molecule has 0 radical (unpaired) electrons. The van der Waals surface area contributed by atoms with Gasteiger partial charge in [0.15, 0.2) is 0 Å². The molecule has 0 aromatic heterocycles. The predicted molar refractivity (Wildman–Crippen MR) is 79.2 cm³/mol. The van der Waals surface area contributed by atoms with E-state index in [4.69, 9.17) is 0 Å². The minimum Gasteiger partial charge on any atom is -0.318 e. The van der Waals surface area contributed by atoms with Gasteiger partial charge >= 0.3 is 0 Å². The SMILES string of the molecule is CCC(NS(=O)(=O)N1CCCCC1CNC)C(C)C.